The number of carbonyl (C=O) groups is 2. The van der Waals surface area contributed by atoms with Crippen molar-refractivity contribution in [2.45, 2.75) is 38.5 Å². The minimum atomic E-state index is -1.000. The van der Waals surface area contributed by atoms with E-state index < -0.39 is 17.7 Å². The lowest BCUT2D eigenvalue weighted by atomic mass is 9.85. The number of halogens is 1. The molecule has 0 saturated heterocycles. The van der Waals surface area contributed by atoms with Gasteiger partial charge in [-0.2, -0.15) is 0 Å². The SMILES string of the molecule is CC(=O)c1ccc2c(c1)[C@@H](NC(=O)c1cccc(Cl)c1)[C@H](O)C(C)(C)O2. The molecule has 1 amide bonds. The third kappa shape index (κ3) is 3.45. The lowest BCUT2D eigenvalue weighted by Gasteiger charge is -2.42. The molecule has 0 aromatic heterocycles. The summed E-state index contributed by atoms with van der Waals surface area (Å²) in [5.41, 5.74) is 0.538. The molecule has 26 heavy (non-hydrogen) atoms. The third-order valence-corrected chi connectivity index (χ3v) is 4.76. The number of hydrogen-bond acceptors (Lipinski definition) is 4. The number of carbonyl (C=O) groups excluding carboxylic acids is 2. The summed E-state index contributed by atoms with van der Waals surface area (Å²) >= 11 is 5.96. The summed E-state index contributed by atoms with van der Waals surface area (Å²) in [6, 6.07) is 10.9. The van der Waals surface area contributed by atoms with Crippen molar-refractivity contribution in [1.29, 1.82) is 0 Å². The second-order valence-electron chi connectivity index (χ2n) is 6.92. The first-order valence-electron chi connectivity index (χ1n) is 8.27. The molecule has 2 aromatic rings. The molecule has 2 N–H and O–H groups in total. The van der Waals surface area contributed by atoms with Crippen molar-refractivity contribution >= 4 is 23.3 Å². The van der Waals surface area contributed by atoms with Gasteiger partial charge < -0.3 is 15.2 Å². The minimum Gasteiger partial charge on any atom is -0.485 e. The molecule has 0 spiro atoms. The van der Waals surface area contributed by atoms with Crippen molar-refractivity contribution in [1.82, 2.24) is 5.32 Å². The maximum atomic E-state index is 12.7. The van der Waals surface area contributed by atoms with Crippen LogP contribution in [0.1, 0.15) is 53.1 Å². The van der Waals surface area contributed by atoms with E-state index >= 15 is 0 Å². The van der Waals surface area contributed by atoms with E-state index in [1.807, 2.05) is 0 Å². The summed E-state index contributed by atoms with van der Waals surface area (Å²) in [5, 5.41) is 14.1. The van der Waals surface area contributed by atoms with Crippen LogP contribution in [0.3, 0.4) is 0 Å². The Hall–Kier alpha value is -2.37. The van der Waals surface area contributed by atoms with Gasteiger partial charge in [0.15, 0.2) is 5.78 Å². The van der Waals surface area contributed by atoms with E-state index in [0.29, 0.717) is 27.5 Å². The average Bonchev–Trinajstić information content (AvgIpc) is 2.58. The van der Waals surface area contributed by atoms with Gasteiger partial charge in [0, 0.05) is 21.7 Å². The third-order valence-electron chi connectivity index (χ3n) is 4.53. The van der Waals surface area contributed by atoms with Crippen molar-refractivity contribution in [2.75, 3.05) is 0 Å². The Balaban J connectivity index is 2.00. The Morgan fingerprint density at radius 1 is 1.15 bits per heavy atom. The maximum Gasteiger partial charge on any atom is 0.251 e. The summed E-state index contributed by atoms with van der Waals surface area (Å²) in [5.74, 6) is 0.0576. The van der Waals surface area contributed by atoms with Crippen LogP contribution in [0.4, 0.5) is 0 Å². The van der Waals surface area contributed by atoms with Crippen molar-refractivity contribution in [2.24, 2.45) is 0 Å². The molecule has 1 aliphatic rings. The minimum absolute atomic E-state index is 0.105. The van der Waals surface area contributed by atoms with Gasteiger partial charge in [0.25, 0.3) is 5.91 Å². The summed E-state index contributed by atoms with van der Waals surface area (Å²) in [7, 11) is 0. The molecule has 6 heteroatoms. The van der Waals surface area contributed by atoms with Crippen molar-refractivity contribution in [3.8, 4) is 5.75 Å². The lowest BCUT2D eigenvalue weighted by Crippen LogP contribution is -2.53. The molecule has 3 rings (SSSR count). The molecule has 0 fully saturated rings. The largest absolute Gasteiger partial charge is 0.485 e. The number of fused-ring (bicyclic) bond motifs is 1. The molecule has 136 valence electrons. The van der Waals surface area contributed by atoms with Gasteiger partial charge in [0.05, 0.1) is 6.04 Å². The Bertz CT molecular complexity index is 878. The van der Waals surface area contributed by atoms with E-state index in [0.717, 1.165) is 0 Å². The molecular weight excluding hydrogens is 354 g/mol. The van der Waals surface area contributed by atoms with Gasteiger partial charge in [-0.05, 0) is 57.2 Å². The van der Waals surface area contributed by atoms with Gasteiger partial charge >= 0.3 is 0 Å². The smallest absolute Gasteiger partial charge is 0.251 e. The second kappa shape index (κ2) is 6.74. The van der Waals surface area contributed by atoms with Gasteiger partial charge in [0.2, 0.25) is 0 Å². The fourth-order valence-corrected chi connectivity index (χ4v) is 3.22. The summed E-state index contributed by atoms with van der Waals surface area (Å²) in [4.78, 5) is 24.4. The molecule has 2 aromatic carbocycles. The van der Waals surface area contributed by atoms with E-state index in [1.165, 1.54) is 6.92 Å². The van der Waals surface area contributed by atoms with Crippen molar-refractivity contribution in [3.05, 3.63) is 64.2 Å². The maximum absolute atomic E-state index is 12.7. The van der Waals surface area contributed by atoms with E-state index in [4.69, 9.17) is 16.3 Å². The van der Waals surface area contributed by atoms with Crippen LogP contribution in [0, 0.1) is 0 Å². The quantitative estimate of drug-likeness (QED) is 0.807. The normalized spacial score (nSPS) is 20.7. The van der Waals surface area contributed by atoms with Crippen LogP contribution >= 0.6 is 11.6 Å². The zero-order chi connectivity index (χ0) is 19.1. The molecule has 0 radical (unpaired) electrons. The van der Waals surface area contributed by atoms with Crippen LogP contribution in [0.2, 0.25) is 5.02 Å². The van der Waals surface area contributed by atoms with E-state index in [1.54, 1.807) is 56.3 Å². The number of hydrogen-bond donors (Lipinski definition) is 2. The van der Waals surface area contributed by atoms with Gasteiger partial charge in [-0.1, -0.05) is 17.7 Å². The first-order chi connectivity index (χ1) is 12.2. The highest BCUT2D eigenvalue weighted by atomic mass is 35.5. The highest BCUT2D eigenvalue weighted by molar-refractivity contribution is 6.30. The van der Waals surface area contributed by atoms with Crippen LogP contribution in [0.25, 0.3) is 0 Å². The molecule has 0 bridgehead atoms. The van der Waals surface area contributed by atoms with Crippen molar-refractivity contribution in [3.63, 3.8) is 0 Å². The fourth-order valence-electron chi connectivity index (χ4n) is 3.03. The molecule has 0 aliphatic carbocycles. The predicted octanol–water partition coefficient (Wildman–Crippen LogP) is 3.55. The number of Topliss-reactive ketones (excluding diaryl/α,β-unsaturated/α-hetero) is 1. The molecule has 2 atom stereocenters. The predicted molar refractivity (Wildman–Crippen MR) is 98.8 cm³/mol. The highest BCUT2D eigenvalue weighted by Gasteiger charge is 2.43. The molecule has 1 heterocycles. The Morgan fingerprint density at radius 3 is 2.54 bits per heavy atom. The molecule has 5 nitrogen and oxygen atoms in total. The molecular formula is C20H20ClNO4. The topological polar surface area (TPSA) is 75.6 Å². The molecule has 0 unspecified atom stereocenters. The number of nitrogens with one attached hydrogen (secondary N) is 1. The van der Waals surface area contributed by atoms with Gasteiger partial charge in [-0.25, -0.2) is 0 Å². The summed E-state index contributed by atoms with van der Waals surface area (Å²) < 4.78 is 5.87. The van der Waals surface area contributed by atoms with Crippen LogP contribution in [0.15, 0.2) is 42.5 Å². The van der Waals surface area contributed by atoms with Crippen LogP contribution in [-0.2, 0) is 0 Å². The second-order valence-corrected chi connectivity index (χ2v) is 7.36. The van der Waals surface area contributed by atoms with Crippen LogP contribution in [-0.4, -0.2) is 28.5 Å². The number of aliphatic hydroxyl groups excluding tert-OH is 1. The van der Waals surface area contributed by atoms with Crippen molar-refractivity contribution < 1.29 is 19.4 Å². The van der Waals surface area contributed by atoms with E-state index in [-0.39, 0.29) is 11.7 Å². The average molecular weight is 374 g/mol. The van der Waals surface area contributed by atoms with Crippen LogP contribution in [0.5, 0.6) is 5.75 Å². The van der Waals surface area contributed by atoms with Gasteiger partial charge in [0.1, 0.15) is 17.5 Å². The number of rotatable bonds is 3. The number of amides is 1. The standard InChI is InChI=1S/C20H20ClNO4/c1-11(23)12-7-8-16-15(10-12)17(18(24)20(2,3)26-16)22-19(25)13-5-4-6-14(21)9-13/h4-10,17-18,24H,1-3H3,(H,22,25)/t17-,18+/m1/s1. The first kappa shape index (κ1) is 18.4. The Labute approximate surface area is 156 Å². The summed E-state index contributed by atoms with van der Waals surface area (Å²) in [6.07, 6.45) is -1.000. The number of ether oxygens (including phenoxy) is 1. The Kier molecular flexibility index (Phi) is 4.78. The highest BCUT2D eigenvalue weighted by Crippen LogP contribution is 2.40. The summed E-state index contributed by atoms with van der Waals surface area (Å²) in [6.45, 7) is 4.96. The monoisotopic (exact) mass is 373 g/mol. The van der Waals surface area contributed by atoms with E-state index in [9.17, 15) is 14.7 Å². The van der Waals surface area contributed by atoms with Crippen LogP contribution < -0.4 is 10.1 Å². The first-order valence-corrected chi connectivity index (χ1v) is 8.65. The van der Waals surface area contributed by atoms with E-state index in [2.05, 4.69) is 5.32 Å². The zero-order valence-corrected chi connectivity index (χ0v) is 15.5. The molecule has 0 saturated carbocycles. The lowest BCUT2D eigenvalue weighted by molar-refractivity contribution is -0.0627. The molecule has 1 aliphatic heterocycles. The zero-order valence-electron chi connectivity index (χ0n) is 14.7. The fraction of sp³-hybridized carbons (Fsp3) is 0.300. The van der Waals surface area contributed by atoms with Gasteiger partial charge in [-0.3, -0.25) is 9.59 Å². The number of ketones is 1. The number of benzene rings is 2. The Morgan fingerprint density at radius 2 is 1.88 bits per heavy atom. The van der Waals surface area contributed by atoms with Gasteiger partial charge in [-0.15, -0.1) is 0 Å². The number of aliphatic hydroxyl groups is 1.